The average Bonchev–Trinajstić information content (AvgIpc) is 3.22. The first kappa shape index (κ1) is 19.1. The highest BCUT2D eigenvalue weighted by atomic mass is 32.2. The predicted molar refractivity (Wildman–Crippen MR) is 114 cm³/mol. The van der Waals surface area contributed by atoms with Crippen molar-refractivity contribution in [2.24, 2.45) is 5.92 Å². The minimum absolute atomic E-state index is 0.468. The van der Waals surface area contributed by atoms with E-state index < -0.39 is 11.0 Å². The second kappa shape index (κ2) is 8.84. The van der Waals surface area contributed by atoms with Crippen molar-refractivity contribution in [2.45, 2.75) is 38.3 Å². The lowest BCUT2D eigenvalue weighted by Gasteiger charge is -2.35. The van der Waals surface area contributed by atoms with Crippen LogP contribution in [0.4, 0.5) is 5.82 Å². The molecule has 1 aliphatic carbocycles. The summed E-state index contributed by atoms with van der Waals surface area (Å²) in [6.45, 7) is 0.659. The highest BCUT2D eigenvalue weighted by Crippen LogP contribution is 2.31. The van der Waals surface area contributed by atoms with E-state index in [1.165, 1.54) is 5.56 Å². The quantitative estimate of drug-likeness (QED) is 0.641. The number of nitrogens with one attached hydrogen (secondary N) is 2. The monoisotopic (exact) mass is 397 g/mol. The molecule has 0 unspecified atom stereocenters. The van der Waals surface area contributed by atoms with Crippen LogP contribution in [0.5, 0.6) is 0 Å². The summed E-state index contributed by atoms with van der Waals surface area (Å²) in [6.07, 6.45) is 7.95. The molecule has 0 aliphatic heterocycles. The molecule has 148 valence electrons. The molecule has 0 saturated heterocycles. The summed E-state index contributed by atoms with van der Waals surface area (Å²) >= 11 is 0. The average molecular weight is 398 g/mol. The molecule has 6 nitrogen and oxygen atoms in total. The maximum atomic E-state index is 12.4. The highest BCUT2D eigenvalue weighted by Gasteiger charge is 2.26. The van der Waals surface area contributed by atoms with Crippen molar-refractivity contribution in [3.8, 4) is 0 Å². The number of nitrogens with zero attached hydrogens (tertiary/aromatic N) is 3. The van der Waals surface area contributed by atoms with Gasteiger partial charge >= 0.3 is 0 Å². The molecule has 2 heterocycles. The van der Waals surface area contributed by atoms with E-state index >= 15 is 0 Å². The molecule has 1 aromatic carbocycles. The Bertz CT molecular complexity index is 921. The van der Waals surface area contributed by atoms with Crippen molar-refractivity contribution in [3.05, 3.63) is 54.5 Å². The van der Waals surface area contributed by atoms with E-state index in [2.05, 4.69) is 43.8 Å². The van der Waals surface area contributed by atoms with Crippen LogP contribution in [0, 0.1) is 5.92 Å². The fraction of sp³-hybridized carbons (Fsp3) is 0.429. The molecule has 28 heavy (non-hydrogen) atoms. The molecule has 0 bridgehead atoms. The zero-order valence-electron chi connectivity index (χ0n) is 16.2. The summed E-state index contributed by atoms with van der Waals surface area (Å²) in [7, 11) is 1.15. The number of hydrogen-bond acceptors (Lipinski definition) is 4. The Morgan fingerprint density at radius 3 is 2.71 bits per heavy atom. The van der Waals surface area contributed by atoms with E-state index in [4.69, 9.17) is 0 Å². The van der Waals surface area contributed by atoms with Crippen LogP contribution in [0.3, 0.4) is 0 Å². The molecule has 2 N–H and O–H groups in total. The SMILES string of the molecule is CN(c1ncnc2[nH]ccc12)C1CCC(C[S@@](=O)NCc2ccccc2)CC1. The Morgan fingerprint density at radius 2 is 1.93 bits per heavy atom. The van der Waals surface area contributed by atoms with Gasteiger partial charge in [0.25, 0.3) is 0 Å². The number of benzene rings is 1. The topological polar surface area (TPSA) is 73.9 Å². The van der Waals surface area contributed by atoms with Crippen LogP contribution in [0.15, 0.2) is 48.9 Å². The Labute approximate surface area is 168 Å². The number of H-pyrrole nitrogens is 1. The lowest BCUT2D eigenvalue weighted by atomic mass is 9.86. The molecule has 0 radical (unpaired) electrons. The van der Waals surface area contributed by atoms with Gasteiger partial charge in [0.2, 0.25) is 0 Å². The molecule has 3 aromatic rings. The third kappa shape index (κ3) is 4.42. The molecular formula is C21H27N5OS. The van der Waals surface area contributed by atoms with E-state index in [1.807, 2.05) is 30.5 Å². The second-order valence-electron chi connectivity index (χ2n) is 7.54. The predicted octanol–water partition coefficient (Wildman–Crippen LogP) is 3.41. The van der Waals surface area contributed by atoms with Gasteiger partial charge in [-0.2, -0.15) is 0 Å². The molecule has 1 atom stereocenters. The Morgan fingerprint density at radius 1 is 1.14 bits per heavy atom. The van der Waals surface area contributed by atoms with E-state index in [-0.39, 0.29) is 0 Å². The molecule has 2 aromatic heterocycles. The minimum Gasteiger partial charge on any atom is -0.356 e. The Kier molecular flexibility index (Phi) is 6.02. The summed E-state index contributed by atoms with van der Waals surface area (Å²) in [4.78, 5) is 14.2. The van der Waals surface area contributed by atoms with Gasteiger partial charge < -0.3 is 9.88 Å². The number of fused-ring (bicyclic) bond motifs is 1. The van der Waals surface area contributed by atoms with Crippen LogP contribution in [0.25, 0.3) is 11.0 Å². The fourth-order valence-electron chi connectivity index (χ4n) is 4.04. The first-order valence-electron chi connectivity index (χ1n) is 9.87. The minimum atomic E-state index is -0.978. The number of hydrogen-bond donors (Lipinski definition) is 2. The van der Waals surface area contributed by atoms with Crippen molar-refractivity contribution in [2.75, 3.05) is 17.7 Å². The van der Waals surface area contributed by atoms with Gasteiger partial charge in [-0.05, 0) is 43.2 Å². The van der Waals surface area contributed by atoms with E-state index in [0.29, 0.717) is 18.5 Å². The molecule has 1 aliphatic rings. The summed E-state index contributed by atoms with van der Waals surface area (Å²) < 4.78 is 15.6. The van der Waals surface area contributed by atoms with Crippen molar-refractivity contribution >= 4 is 27.8 Å². The fourth-order valence-corrected chi connectivity index (χ4v) is 5.25. The molecule has 1 fully saturated rings. The second-order valence-corrected chi connectivity index (χ2v) is 8.85. The normalized spacial score (nSPS) is 20.9. The van der Waals surface area contributed by atoms with Gasteiger partial charge in [-0.1, -0.05) is 30.3 Å². The van der Waals surface area contributed by atoms with Gasteiger partial charge in [-0.25, -0.2) is 18.9 Å². The first-order valence-corrected chi connectivity index (χ1v) is 11.2. The van der Waals surface area contributed by atoms with Crippen LogP contribution in [-0.4, -0.2) is 38.0 Å². The van der Waals surface area contributed by atoms with Gasteiger partial charge in [0.1, 0.15) is 17.8 Å². The molecule has 4 rings (SSSR count). The molecule has 0 spiro atoms. The van der Waals surface area contributed by atoms with Crippen molar-refractivity contribution in [1.82, 2.24) is 19.7 Å². The summed E-state index contributed by atoms with van der Waals surface area (Å²) in [5.74, 6) is 2.24. The lowest BCUT2D eigenvalue weighted by Crippen LogP contribution is -2.37. The van der Waals surface area contributed by atoms with E-state index in [9.17, 15) is 4.21 Å². The standard InChI is InChI=1S/C21H27N5OS/c1-26(21-19-11-12-22-20(19)23-15-24-21)18-9-7-17(8-10-18)14-28(27)25-13-16-5-3-2-4-6-16/h2-6,11-12,15,17-18,25H,7-10,13-14H2,1H3,(H,22,23,24)/t17?,18?,28-/m1/s1. The van der Waals surface area contributed by atoms with Gasteiger partial charge in [0.15, 0.2) is 0 Å². The Balaban J connectivity index is 1.27. The molecule has 1 saturated carbocycles. The van der Waals surface area contributed by atoms with Crippen molar-refractivity contribution in [3.63, 3.8) is 0 Å². The maximum Gasteiger partial charge on any atom is 0.142 e. The maximum absolute atomic E-state index is 12.4. The van der Waals surface area contributed by atoms with Gasteiger partial charge in [0.05, 0.1) is 16.4 Å². The largest absolute Gasteiger partial charge is 0.356 e. The third-order valence-corrected chi connectivity index (χ3v) is 6.94. The van der Waals surface area contributed by atoms with Crippen LogP contribution in [-0.2, 0) is 17.5 Å². The zero-order chi connectivity index (χ0) is 19.3. The zero-order valence-corrected chi connectivity index (χ0v) is 17.0. The smallest absolute Gasteiger partial charge is 0.142 e. The van der Waals surface area contributed by atoms with Crippen LogP contribution >= 0.6 is 0 Å². The van der Waals surface area contributed by atoms with Gasteiger partial charge in [-0.3, -0.25) is 0 Å². The van der Waals surface area contributed by atoms with E-state index in [1.54, 1.807) is 6.33 Å². The Hall–Kier alpha value is -2.25. The first-order chi connectivity index (χ1) is 13.7. The molecule has 7 heteroatoms. The van der Waals surface area contributed by atoms with Crippen LogP contribution < -0.4 is 9.62 Å². The summed E-state index contributed by atoms with van der Waals surface area (Å²) in [6, 6.07) is 12.6. The van der Waals surface area contributed by atoms with Crippen molar-refractivity contribution < 1.29 is 4.21 Å². The summed E-state index contributed by atoms with van der Waals surface area (Å²) in [5, 5.41) is 1.07. The lowest BCUT2D eigenvalue weighted by molar-refractivity contribution is 0.342. The number of rotatable bonds is 7. The summed E-state index contributed by atoms with van der Waals surface area (Å²) in [5.41, 5.74) is 2.05. The number of aromatic nitrogens is 3. The third-order valence-electron chi connectivity index (χ3n) is 5.70. The molecule has 0 amide bonds. The molecular weight excluding hydrogens is 370 g/mol. The van der Waals surface area contributed by atoms with Gasteiger partial charge in [0, 0.05) is 31.6 Å². The highest BCUT2D eigenvalue weighted by molar-refractivity contribution is 7.82. The number of anilines is 1. The van der Waals surface area contributed by atoms with Crippen molar-refractivity contribution in [1.29, 1.82) is 0 Å². The van der Waals surface area contributed by atoms with Crippen LogP contribution in [0.2, 0.25) is 0 Å². The number of aromatic amines is 1. The van der Waals surface area contributed by atoms with Crippen LogP contribution in [0.1, 0.15) is 31.2 Å². The van der Waals surface area contributed by atoms with E-state index in [0.717, 1.165) is 48.3 Å². The van der Waals surface area contributed by atoms with Gasteiger partial charge in [-0.15, -0.1) is 0 Å².